The Morgan fingerprint density at radius 3 is 2.89 bits per heavy atom. The van der Waals surface area contributed by atoms with Crippen LogP contribution in [0.5, 0.6) is 0 Å². The molecule has 1 rings (SSSR count). The Labute approximate surface area is 58.2 Å². The first kappa shape index (κ1) is 6.75. The van der Waals surface area contributed by atoms with Gasteiger partial charge in [0.05, 0.1) is 5.88 Å². The normalized spacial score (nSPS) is 33.1. The zero-order valence-corrected chi connectivity index (χ0v) is 5.61. The van der Waals surface area contributed by atoms with Gasteiger partial charge in [-0.1, -0.05) is 6.08 Å². The Bertz CT molecular complexity index is 155. The number of hydrogen-bond donors (Lipinski definition) is 0. The standard InChI is InChI=1S/C6H7ClFN/c7-4-6(8)2-1-3-9-5-6/h1,3,5H,2,4H2. The van der Waals surface area contributed by atoms with Crippen molar-refractivity contribution < 1.29 is 4.39 Å². The molecule has 1 atom stereocenters. The molecule has 0 aliphatic carbocycles. The number of nitrogens with zero attached hydrogens (tertiary/aromatic N) is 1. The van der Waals surface area contributed by atoms with E-state index in [1.54, 1.807) is 12.3 Å². The Morgan fingerprint density at radius 1 is 1.78 bits per heavy atom. The summed E-state index contributed by atoms with van der Waals surface area (Å²) in [6.07, 6.45) is 4.84. The Morgan fingerprint density at radius 2 is 2.56 bits per heavy atom. The summed E-state index contributed by atoms with van der Waals surface area (Å²) in [5, 5.41) is 0. The van der Waals surface area contributed by atoms with Crippen molar-refractivity contribution in [1.29, 1.82) is 0 Å². The van der Waals surface area contributed by atoms with Crippen molar-refractivity contribution in [2.75, 3.05) is 5.88 Å². The van der Waals surface area contributed by atoms with Crippen molar-refractivity contribution >= 4 is 17.8 Å². The second-order valence-electron chi connectivity index (χ2n) is 2.04. The van der Waals surface area contributed by atoms with E-state index >= 15 is 0 Å². The van der Waals surface area contributed by atoms with Gasteiger partial charge in [0.2, 0.25) is 0 Å². The van der Waals surface area contributed by atoms with Crippen molar-refractivity contribution in [3.8, 4) is 0 Å². The fourth-order valence-electron chi connectivity index (χ4n) is 0.628. The molecule has 50 valence electrons. The highest BCUT2D eigenvalue weighted by Crippen LogP contribution is 2.18. The van der Waals surface area contributed by atoms with Crippen LogP contribution in [0, 0.1) is 0 Å². The minimum Gasteiger partial charge on any atom is -0.266 e. The van der Waals surface area contributed by atoms with Crippen LogP contribution in [0.4, 0.5) is 4.39 Å². The Balaban J connectivity index is 2.63. The minimum atomic E-state index is -1.39. The molecule has 0 aromatic rings. The molecule has 1 nitrogen and oxygen atoms in total. The first-order valence-electron chi connectivity index (χ1n) is 2.71. The monoisotopic (exact) mass is 147 g/mol. The number of allylic oxidation sites excluding steroid dienone is 1. The Kier molecular flexibility index (Phi) is 1.86. The SMILES string of the molecule is FC1(CCl)C=NC=CC1. The second-order valence-corrected chi connectivity index (χ2v) is 2.30. The molecule has 0 amide bonds. The van der Waals surface area contributed by atoms with Crippen LogP contribution in [0.25, 0.3) is 0 Å². The third kappa shape index (κ3) is 1.52. The van der Waals surface area contributed by atoms with Crippen molar-refractivity contribution in [2.24, 2.45) is 4.99 Å². The zero-order valence-electron chi connectivity index (χ0n) is 4.85. The molecule has 0 aromatic heterocycles. The molecule has 0 spiro atoms. The summed E-state index contributed by atoms with van der Waals surface area (Å²) in [5.74, 6) is -0.0131. The van der Waals surface area contributed by atoms with E-state index in [1.165, 1.54) is 6.21 Å². The van der Waals surface area contributed by atoms with E-state index in [1.807, 2.05) is 0 Å². The van der Waals surface area contributed by atoms with Gasteiger partial charge in [-0.15, -0.1) is 11.6 Å². The van der Waals surface area contributed by atoms with Crippen molar-refractivity contribution in [3.05, 3.63) is 12.3 Å². The average molecular weight is 148 g/mol. The molecule has 3 heteroatoms. The van der Waals surface area contributed by atoms with Gasteiger partial charge in [0, 0.05) is 18.8 Å². The third-order valence-corrected chi connectivity index (χ3v) is 1.62. The first-order chi connectivity index (χ1) is 4.27. The molecule has 0 fully saturated rings. The molecule has 0 aromatic carbocycles. The lowest BCUT2D eigenvalue weighted by Crippen LogP contribution is -2.27. The summed E-state index contributed by atoms with van der Waals surface area (Å²) in [4.78, 5) is 3.64. The summed E-state index contributed by atoms with van der Waals surface area (Å²) in [6, 6.07) is 0. The van der Waals surface area contributed by atoms with Crippen molar-refractivity contribution in [2.45, 2.75) is 12.1 Å². The maximum atomic E-state index is 13.0. The molecule has 1 unspecified atom stereocenters. The molecule has 0 bridgehead atoms. The molecule has 9 heavy (non-hydrogen) atoms. The Hall–Kier alpha value is -0.370. The molecule has 0 N–H and O–H groups in total. The summed E-state index contributed by atoms with van der Waals surface area (Å²) in [6.45, 7) is 0. The van der Waals surface area contributed by atoms with Crippen LogP contribution >= 0.6 is 11.6 Å². The summed E-state index contributed by atoms with van der Waals surface area (Å²) in [5.41, 5.74) is -1.39. The summed E-state index contributed by atoms with van der Waals surface area (Å²) < 4.78 is 13.0. The molecular weight excluding hydrogens is 141 g/mol. The number of alkyl halides is 2. The molecule has 1 heterocycles. The lowest BCUT2D eigenvalue weighted by Gasteiger charge is -2.16. The maximum absolute atomic E-state index is 13.0. The summed E-state index contributed by atoms with van der Waals surface area (Å²) in [7, 11) is 0. The van der Waals surface area contributed by atoms with E-state index in [0.717, 1.165) is 0 Å². The van der Waals surface area contributed by atoms with Crippen LogP contribution in [0.2, 0.25) is 0 Å². The zero-order chi connectivity index (χ0) is 6.74. The van der Waals surface area contributed by atoms with Gasteiger partial charge in [0.25, 0.3) is 0 Å². The fourth-order valence-corrected chi connectivity index (χ4v) is 0.806. The topological polar surface area (TPSA) is 12.4 Å². The van der Waals surface area contributed by atoms with Crippen molar-refractivity contribution in [3.63, 3.8) is 0 Å². The molecular formula is C6H7ClFN. The molecule has 0 saturated heterocycles. The van der Waals surface area contributed by atoms with Gasteiger partial charge in [-0.05, 0) is 0 Å². The highest BCUT2D eigenvalue weighted by Gasteiger charge is 2.25. The second kappa shape index (κ2) is 2.48. The van der Waals surface area contributed by atoms with Gasteiger partial charge in [-0.25, -0.2) is 4.39 Å². The van der Waals surface area contributed by atoms with E-state index in [-0.39, 0.29) is 5.88 Å². The van der Waals surface area contributed by atoms with Gasteiger partial charge in [0.15, 0.2) is 5.67 Å². The molecule has 0 saturated carbocycles. The van der Waals surface area contributed by atoms with Crippen LogP contribution in [0.3, 0.4) is 0 Å². The van der Waals surface area contributed by atoms with Gasteiger partial charge in [-0.2, -0.15) is 0 Å². The van der Waals surface area contributed by atoms with E-state index in [9.17, 15) is 4.39 Å². The van der Waals surface area contributed by atoms with Gasteiger partial charge >= 0.3 is 0 Å². The maximum Gasteiger partial charge on any atom is 0.162 e. The van der Waals surface area contributed by atoms with Crippen LogP contribution in [-0.4, -0.2) is 17.8 Å². The number of rotatable bonds is 1. The lowest BCUT2D eigenvalue weighted by molar-refractivity contribution is 0.297. The largest absolute Gasteiger partial charge is 0.266 e. The van der Waals surface area contributed by atoms with Crippen LogP contribution in [0.1, 0.15) is 6.42 Å². The first-order valence-corrected chi connectivity index (χ1v) is 3.24. The fraction of sp³-hybridized carbons (Fsp3) is 0.500. The number of halogens is 2. The van der Waals surface area contributed by atoms with Crippen molar-refractivity contribution in [1.82, 2.24) is 0 Å². The van der Waals surface area contributed by atoms with Crippen LogP contribution in [0.15, 0.2) is 17.3 Å². The molecule has 1 aliphatic heterocycles. The lowest BCUT2D eigenvalue weighted by atomic mass is 10.1. The minimum absolute atomic E-state index is 0.0131. The highest BCUT2D eigenvalue weighted by atomic mass is 35.5. The average Bonchev–Trinajstić information content (AvgIpc) is 1.90. The van der Waals surface area contributed by atoms with E-state index in [2.05, 4.69) is 4.99 Å². The third-order valence-electron chi connectivity index (χ3n) is 1.18. The van der Waals surface area contributed by atoms with Gasteiger partial charge in [-0.3, -0.25) is 4.99 Å². The van der Waals surface area contributed by atoms with Gasteiger partial charge < -0.3 is 0 Å². The molecule has 0 radical (unpaired) electrons. The molecule has 1 aliphatic rings. The van der Waals surface area contributed by atoms with Crippen LogP contribution in [-0.2, 0) is 0 Å². The van der Waals surface area contributed by atoms with E-state index < -0.39 is 5.67 Å². The van der Waals surface area contributed by atoms with E-state index in [4.69, 9.17) is 11.6 Å². The van der Waals surface area contributed by atoms with E-state index in [0.29, 0.717) is 6.42 Å². The number of hydrogen-bond acceptors (Lipinski definition) is 1. The summed E-state index contributed by atoms with van der Waals surface area (Å²) >= 11 is 5.32. The quantitative estimate of drug-likeness (QED) is 0.503. The van der Waals surface area contributed by atoms with Gasteiger partial charge in [0.1, 0.15) is 0 Å². The smallest absolute Gasteiger partial charge is 0.162 e. The number of aliphatic imine (C=N–C) groups is 1. The highest BCUT2D eigenvalue weighted by molar-refractivity contribution is 6.19. The van der Waals surface area contributed by atoms with Crippen LogP contribution < -0.4 is 0 Å². The predicted octanol–water partition coefficient (Wildman–Crippen LogP) is 1.92. The predicted molar refractivity (Wildman–Crippen MR) is 36.8 cm³/mol.